The number of pyridine rings is 1. The van der Waals surface area contributed by atoms with Gasteiger partial charge in [0.15, 0.2) is 11.3 Å². The molecule has 1 N–H and O–H groups in total. The second-order valence-electron chi connectivity index (χ2n) is 6.60. The molecule has 2 aromatic carbocycles. The molecule has 3 aromatic rings. The molecule has 2 aliphatic heterocycles. The van der Waals surface area contributed by atoms with Crippen LogP contribution in [-0.2, 0) is 10.5 Å². The van der Waals surface area contributed by atoms with Gasteiger partial charge in [0.25, 0.3) is 5.91 Å². The lowest BCUT2D eigenvalue weighted by Crippen LogP contribution is -2.50. The van der Waals surface area contributed by atoms with E-state index < -0.39 is 6.17 Å². The maximum Gasteiger partial charge on any atom is 0.276 e. The number of carbonyl (C=O) groups excluding carboxylic acids is 1. The van der Waals surface area contributed by atoms with E-state index >= 15 is 0 Å². The zero-order valence-electron chi connectivity index (χ0n) is 15.4. The molecular formula is C22H17N5OS. The number of aromatic nitrogens is 1. The number of benzene rings is 2. The van der Waals surface area contributed by atoms with E-state index in [0.29, 0.717) is 16.6 Å². The van der Waals surface area contributed by atoms with Gasteiger partial charge >= 0.3 is 0 Å². The highest BCUT2D eigenvalue weighted by atomic mass is 32.2. The van der Waals surface area contributed by atoms with Gasteiger partial charge in [-0.1, -0.05) is 66.4 Å². The summed E-state index contributed by atoms with van der Waals surface area (Å²) in [5.74, 6) is 0.532. The Bertz CT molecular complexity index is 1210. The Morgan fingerprint density at radius 3 is 2.59 bits per heavy atom. The third kappa shape index (κ3) is 3.40. The van der Waals surface area contributed by atoms with E-state index in [2.05, 4.69) is 22.4 Å². The SMILES string of the molecule is O=C1NC(SCc2ccccc2)=NN2C1=c1ccccc1=N[C@@H]2c1ccccn1. The van der Waals surface area contributed by atoms with E-state index in [1.54, 1.807) is 11.2 Å². The van der Waals surface area contributed by atoms with Gasteiger partial charge in [-0.15, -0.1) is 5.10 Å². The van der Waals surface area contributed by atoms with Gasteiger partial charge in [-0.2, -0.15) is 0 Å². The minimum Gasteiger partial charge on any atom is -0.298 e. The molecule has 1 atom stereocenters. The quantitative estimate of drug-likeness (QED) is 0.733. The summed E-state index contributed by atoms with van der Waals surface area (Å²) in [7, 11) is 0. The molecule has 0 aliphatic carbocycles. The lowest BCUT2D eigenvalue weighted by Gasteiger charge is -2.33. The zero-order valence-corrected chi connectivity index (χ0v) is 16.2. The second kappa shape index (κ2) is 7.52. The normalized spacial score (nSPS) is 17.6. The first-order valence-corrected chi connectivity index (χ1v) is 10.2. The number of fused-ring (bicyclic) bond motifs is 2. The Balaban J connectivity index is 1.57. The van der Waals surface area contributed by atoms with Gasteiger partial charge in [0.2, 0.25) is 0 Å². The Labute approximate surface area is 171 Å². The topological polar surface area (TPSA) is 70.0 Å². The van der Waals surface area contributed by atoms with Crippen molar-refractivity contribution >= 4 is 28.5 Å². The molecule has 5 rings (SSSR count). The van der Waals surface area contributed by atoms with Gasteiger partial charge in [-0.05, 0) is 23.8 Å². The average molecular weight is 399 g/mol. The number of nitrogens with one attached hydrogen (secondary N) is 1. The van der Waals surface area contributed by atoms with Gasteiger partial charge in [-0.3, -0.25) is 20.1 Å². The summed E-state index contributed by atoms with van der Waals surface area (Å²) < 4.78 is 0. The maximum atomic E-state index is 13.0. The van der Waals surface area contributed by atoms with E-state index in [9.17, 15) is 4.79 Å². The highest BCUT2D eigenvalue weighted by Crippen LogP contribution is 2.29. The molecular weight excluding hydrogens is 382 g/mol. The van der Waals surface area contributed by atoms with E-state index in [1.165, 1.54) is 17.3 Å². The van der Waals surface area contributed by atoms with Gasteiger partial charge in [0, 0.05) is 17.2 Å². The fourth-order valence-electron chi connectivity index (χ4n) is 3.34. The summed E-state index contributed by atoms with van der Waals surface area (Å²) >= 11 is 1.49. The van der Waals surface area contributed by atoms with Crippen LogP contribution in [0.25, 0.3) is 5.70 Å². The standard InChI is InChI=1S/C22H17N5OS/c28-21-19-16-10-4-5-11-17(16)24-20(18-12-6-7-13-23-18)27(19)26-22(25-21)29-14-15-8-2-1-3-9-15/h1-13,20H,14H2,(H,25,26,28)/t20-/m0/s1. The van der Waals surface area contributed by atoms with Crippen molar-refractivity contribution in [1.82, 2.24) is 15.3 Å². The van der Waals surface area contributed by atoms with E-state index in [1.807, 2.05) is 60.7 Å². The Morgan fingerprint density at radius 1 is 0.966 bits per heavy atom. The molecule has 0 radical (unpaired) electrons. The molecule has 3 heterocycles. The molecule has 0 spiro atoms. The molecule has 0 unspecified atom stereocenters. The van der Waals surface area contributed by atoms with Crippen LogP contribution >= 0.6 is 11.8 Å². The Hall–Kier alpha value is -3.45. The molecule has 29 heavy (non-hydrogen) atoms. The molecule has 2 aliphatic rings. The molecule has 0 bridgehead atoms. The van der Waals surface area contributed by atoms with Crippen LogP contribution in [0.4, 0.5) is 0 Å². The van der Waals surface area contributed by atoms with Crippen LogP contribution in [-0.4, -0.2) is 21.1 Å². The summed E-state index contributed by atoms with van der Waals surface area (Å²) in [6, 6.07) is 23.4. The minimum atomic E-state index is -0.487. The summed E-state index contributed by atoms with van der Waals surface area (Å²) in [5, 5.41) is 11.4. The summed E-state index contributed by atoms with van der Waals surface area (Å²) in [6.45, 7) is 0. The monoisotopic (exact) mass is 399 g/mol. The number of amides is 1. The van der Waals surface area contributed by atoms with Crippen molar-refractivity contribution in [2.45, 2.75) is 11.9 Å². The van der Waals surface area contributed by atoms with Crippen molar-refractivity contribution in [3.05, 3.63) is 101 Å². The van der Waals surface area contributed by atoms with Crippen molar-refractivity contribution in [2.75, 3.05) is 0 Å². The number of hydrogen-bond donors (Lipinski definition) is 1. The van der Waals surface area contributed by atoms with Gasteiger partial charge in [0.1, 0.15) is 5.70 Å². The van der Waals surface area contributed by atoms with Crippen LogP contribution in [0.5, 0.6) is 0 Å². The molecule has 1 amide bonds. The van der Waals surface area contributed by atoms with Crippen LogP contribution in [0.2, 0.25) is 0 Å². The van der Waals surface area contributed by atoms with Crippen molar-refractivity contribution in [1.29, 1.82) is 0 Å². The molecule has 7 heteroatoms. The fourth-order valence-corrected chi connectivity index (χ4v) is 4.15. The zero-order chi connectivity index (χ0) is 19.6. The lowest BCUT2D eigenvalue weighted by atomic mass is 10.1. The average Bonchev–Trinajstić information content (AvgIpc) is 2.78. The van der Waals surface area contributed by atoms with Crippen LogP contribution in [0.15, 0.2) is 89.1 Å². The Kier molecular flexibility index (Phi) is 4.57. The van der Waals surface area contributed by atoms with Crippen LogP contribution in [0.1, 0.15) is 17.4 Å². The third-order valence-electron chi connectivity index (χ3n) is 4.69. The van der Waals surface area contributed by atoms with E-state index in [4.69, 9.17) is 10.1 Å². The number of para-hydroxylation sites is 1. The first kappa shape index (κ1) is 17.6. The lowest BCUT2D eigenvalue weighted by molar-refractivity contribution is -0.116. The van der Waals surface area contributed by atoms with Crippen molar-refractivity contribution in [2.24, 2.45) is 10.1 Å². The Morgan fingerprint density at radius 2 is 1.76 bits per heavy atom. The van der Waals surface area contributed by atoms with Gasteiger partial charge in [0.05, 0.1) is 11.1 Å². The number of hydrogen-bond acceptors (Lipinski definition) is 6. The van der Waals surface area contributed by atoms with Crippen molar-refractivity contribution in [3.63, 3.8) is 0 Å². The number of amidine groups is 1. The molecule has 0 saturated carbocycles. The number of hydrazone groups is 1. The van der Waals surface area contributed by atoms with Crippen LogP contribution < -0.4 is 15.9 Å². The second-order valence-corrected chi connectivity index (χ2v) is 7.57. The highest BCUT2D eigenvalue weighted by Gasteiger charge is 2.34. The number of rotatable bonds is 3. The number of nitrogens with zero attached hydrogens (tertiary/aromatic N) is 4. The van der Waals surface area contributed by atoms with Gasteiger partial charge < -0.3 is 0 Å². The number of thioether (sulfide) groups is 1. The van der Waals surface area contributed by atoms with Crippen LogP contribution in [0.3, 0.4) is 0 Å². The van der Waals surface area contributed by atoms with Crippen molar-refractivity contribution < 1.29 is 4.79 Å². The summed E-state index contributed by atoms with van der Waals surface area (Å²) in [4.78, 5) is 22.3. The predicted octanol–water partition coefficient (Wildman–Crippen LogP) is 2.16. The molecule has 0 saturated heterocycles. The first-order valence-electron chi connectivity index (χ1n) is 9.23. The van der Waals surface area contributed by atoms with Crippen LogP contribution in [0, 0.1) is 0 Å². The predicted molar refractivity (Wildman–Crippen MR) is 113 cm³/mol. The largest absolute Gasteiger partial charge is 0.298 e. The van der Waals surface area contributed by atoms with Crippen molar-refractivity contribution in [3.8, 4) is 0 Å². The fraction of sp³-hybridized carbons (Fsp3) is 0.0909. The number of carbonyl (C=O) groups is 1. The molecule has 1 aromatic heterocycles. The molecule has 142 valence electrons. The van der Waals surface area contributed by atoms with E-state index in [0.717, 1.165) is 16.3 Å². The third-order valence-corrected chi connectivity index (χ3v) is 5.62. The summed E-state index contributed by atoms with van der Waals surface area (Å²) in [6.07, 6.45) is 1.24. The molecule has 0 fully saturated rings. The first-order chi connectivity index (χ1) is 14.3. The smallest absolute Gasteiger partial charge is 0.276 e. The van der Waals surface area contributed by atoms with E-state index in [-0.39, 0.29) is 5.91 Å². The minimum absolute atomic E-state index is 0.182. The highest BCUT2D eigenvalue weighted by molar-refractivity contribution is 8.13. The summed E-state index contributed by atoms with van der Waals surface area (Å²) in [5.41, 5.74) is 2.40. The molecule has 6 nitrogen and oxygen atoms in total. The maximum absolute atomic E-state index is 13.0. The van der Waals surface area contributed by atoms with Gasteiger partial charge in [-0.25, -0.2) is 5.01 Å².